The third kappa shape index (κ3) is 5.18. The maximum Gasteiger partial charge on any atom is 0.422 e. The minimum absolute atomic E-state index is 0.0749. The van der Waals surface area contributed by atoms with Crippen LogP contribution in [-0.2, 0) is 4.79 Å². The molecule has 1 aliphatic rings. The van der Waals surface area contributed by atoms with Crippen LogP contribution >= 0.6 is 0 Å². The van der Waals surface area contributed by atoms with Crippen molar-refractivity contribution in [2.45, 2.75) is 31.5 Å². The van der Waals surface area contributed by atoms with Gasteiger partial charge in [-0.2, -0.15) is 13.2 Å². The zero-order valence-corrected chi connectivity index (χ0v) is 15.1. The standard InChI is InChI=1S/C19H16F6N2O2/c1-9(16-3-2-11(7-26-16)29-8-19(23,24)25)27-18(28)13-6-12(13)17-14(21)4-10(20)5-15(17)22/h2-5,7,9,12-13H,6,8H2,1H3,(H,27,28)/t9?,12-,13-/m0/s1. The van der Waals surface area contributed by atoms with Gasteiger partial charge in [-0.3, -0.25) is 9.78 Å². The Balaban J connectivity index is 1.58. The van der Waals surface area contributed by atoms with Gasteiger partial charge in [-0.1, -0.05) is 0 Å². The number of carbonyl (C=O) groups excluding carboxylic acids is 1. The summed E-state index contributed by atoms with van der Waals surface area (Å²) < 4.78 is 81.7. The fourth-order valence-corrected chi connectivity index (χ4v) is 3.00. The third-order valence-corrected chi connectivity index (χ3v) is 4.51. The van der Waals surface area contributed by atoms with Gasteiger partial charge < -0.3 is 10.1 Å². The molecule has 2 aromatic rings. The van der Waals surface area contributed by atoms with Crippen molar-refractivity contribution >= 4 is 5.91 Å². The molecule has 1 aromatic heterocycles. The average Bonchev–Trinajstić information content (AvgIpc) is 3.39. The van der Waals surface area contributed by atoms with Gasteiger partial charge in [-0.05, 0) is 25.5 Å². The number of ether oxygens (including phenoxy) is 1. The highest BCUT2D eigenvalue weighted by Crippen LogP contribution is 2.49. The van der Waals surface area contributed by atoms with Crippen molar-refractivity contribution in [2.75, 3.05) is 6.61 Å². The van der Waals surface area contributed by atoms with E-state index in [1.807, 2.05) is 0 Å². The molecule has 1 unspecified atom stereocenters. The first-order chi connectivity index (χ1) is 13.5. The summed E-state index contributed by atoms with van der Waals surface area (Å²) in [6, 6.07) is 3.24. The van der Waals surface area contributed by atoms with E-state index < -0.39 is 54.0 Å². The van der Waals surface area contributed by atoms with Crippen molar-refractivity contribution in [1.29, 1.82) is 0 Å². The summed E-state index contributed by atoms with van der Waals surface area (Å²) in [7, 11) is 0. The van der Waals surface area contributed by atoms with Crippen molar-refractivity contribution in [3.63, 3.8) is 0 Å². The molecular weight excluding hydrogens is 402 g/mol. The average molecular weight is 418 g/mol. The molecule has 0 bridgehead atoms. The van der Waals surface area contributed by atoms with E-state index in [-0.39, 0.29) is 17.7 Å². The van der Waals surface area contributed by atoms with Crippen molar-refractivity contribution in [3.05, 3.63) is 59.2 Å². The molecule has 0 saturated heterocycles. The van der Waals surface area contributed by atoms with Gasteiger partial charge in [0.05, 0.1) is 17.9 Å². The van der Waals surface area contributed by atoms with E-state index >= 15 is 0 Å². The Kier molecular flexibility index (Phi) is 5.72. The summed E-state index contributed by atoms with van der Waals surface area (Å²) in [4.78, 5) is 16.3. The molecule has 156 valence electrons. The Morgan fingerprint density at radius 1 is 1.24 bits per heavy atom. The Bertz CT molecular complexity index is 878. The molecule has 1 N–H and O–H groups in total. The molecule has 10 heteroatoms. The summed E-state index contributed by atoms with van der Waals surface area (Å²) in [5, 5.41) is 2.64. The van der Waals surface area contributed by atoms with Gasteiger partial charge in [-0.25, -0.2) is 13.2 Å². The number of rotatable bonds is 6. The zero-order valence-electron chi connectivity index (χ0n) is 15.1. The molecular formula is C19H16F6N2O2. The van der Waals surface area contributed by atoms with E-state index in [0.717, 1.165) is 6.20 Å². The predicted octanol–water partition coefficient (Wildman–Crippen LogP) is 4.42. The summed E-state index contributed by atoms with van der Waals surface area (Å²) in [6.07, 6.45) is -3.15. The number of nitrogens with one attached hydrogen (secondary N) is 1. The molecule has 3 rings (SSSR count). The second-order valence-electron chi connectivity index (χ2n) is 6.78. The molecule has 4 nitrogen and oxygen atoms in total. The lowest BCUT2D eigenvalue weighted by Gasteiger charge is -2.15. The molecule has 1 saturated carbocycles. The van der Waals surface area contributed by atoms with Crippen LogP contribution in [0.2, 0.25) is 0 Å². The van der Waals surface area contributed by atoms with Crippen LogP contribution in [0.25, 0.3) is 0 Å². The number of amides is 1. The summed E-state index contributed by atoms with van der Waals surface area (Å²) in [5.41, 5.74) is 0.0533. The van der Waals surface area contributed by atoms with E-state index in [0.29, 0.717) is 17.8 Å². The van der Waals surface area contributed by atoms with Gasteiger partial charge in [0.1, 0.15) is 23.2 Å². The van der Waals surface area contributed by atoms with Crippen molar-refractivity contribution in [3.8, 4) is 5.75 Å². The molecule has 1 aromatic carbocycles. The lowest BCUT2D eigenvalue weighted by Crippen LogP contribution is -2.29. The lowest BCUT2D eigenvalue weighted by atomic mass is 10.1. The minimum atomic E-state index is -4.47. The highest BCUT2D eigenvalue weighted by molar-refractivity contribution is 5.83. The fourth-order valence-electron chi connectivity index (χ4n) is 3.00. The first kappa shape index (κ1) is 20.9. The Morgan fingerprint density at radius 2 is 1.90 bits per heavy atom. The van der Waals surface area contributed by atoms with E-state index in [2.05, 4.69) is 15.0 Å². The zero-order chi connectivity index (χ0) is 21.3. The van der Waals surface area contributed by atoms with Crippen molar-refractivity contribution < 1.29 is 35.9 Å². The highest BCUT2D eigenvalue weighted by atomic mass is 19.4. The number of pyridine rings is 1. The maximum atomic E-state index is 13.8. The molecule has 1 fully saturated rings. The van der Waals surface area contributed by atoms with Gasteiger partial charge >= 0.3 is 6.18 Å². The lowest BCUT2D eigenvalue weighted by molar-refractivity contribution is -0.153. The van der Waals surface area contributed by atoms with Crippen LogP contribution in [0.1, 0.15) is 36.6 Å². The molecule has 0 spiro atoms. The van der Waals surface area contributed by atoms with Gasteiger partial charge in [0.25, 0.3) is 0 Å². The molecule has 1 amide bonds. The van der Waals surface area contributed by atoms with Crippen LogP contribution in [0.5, 0.6) is 5.75 Å². The topological polar surface area (TPSA) is 51.2 Å². The maximum absolute atomic E-state index is 13.8. The van der Waals surface area contributed by atoms with Crippen LogP contribution in [0.3, 0.4) is 0 Å². The van der Waals surface area contributed by atoms with Gasteiger partial charge in [0, 0.05) is 29.5 Å². The second-order valence-corrected chi connectivity index (χ2v) is 6.78. The van der Waals surface area contributed by atoms with Crippen LogP contribution in [-0.4, -0.2) is 23.7 Å². The van der Waals surface area contributed by atoms with Crippen LogP contribution < -0.4 is 10.1 Å². The predicted molar refractivity (Wildman–Crippen MR) is 89.5 cm³/mol. The number of nitrogens with zero attached hydrogens (tertiary/aromatic N) is 1. The van der Waals surface area contributed by atoms with Gasteiger partial charge in [-0.15, -0.1) is 0 Å². The fraction of sp³-hybridized carbons (Fsp3) is 0.368. The number of hydrogen-bond acceptors (Lipinski definition) is 3. The van der Waals surface area contributed by atoms with Crippen molar-refractivity contribution in [1.82, 2.24) is 10.3 Å². The Morgan fingerprint density at radius 3 is 2.45 bits per heavy atom. The summed E-state index contributed by atoms with van der Waals surface area (Å²) >= 11 is 0. The molecule has 29 heavy (non-hydrogen) atoms. The summed E-state index contributed by atoms with van der Waals surface area (Å²) in [6.45, 7) is 0.160. The quantitative estimate of drug-likeness (QED) is 0.707. The van der Waals surface area contributed by atoms with Gasteiger partial charge in [0.15, 0.2) is 6.61 Å². The molecule has 1 aliphatic carbocycles. The van der Waals surface area contributed by atoms with Crippen LogP contribution in [0.4, 0.5) is 26.3 Å². The third-order valence-electron chi connectivity index (χ3n) is 4.51. The Hall–Kier alpha value is -2.78. The van der Waals surface area contributed by atoms with Crippen LogP contribution in [0.15, 0.2) is 30.5 Å². The SMILES string of the molecule is CC(NC(=O)[C@H]1C[C@@H]1c1c(F)cc(F)cc1F)c1ccc(OCC(F)(F)F)cn1. The number of halogens is 6. The Labute approximate surface area is 161 Å². The summed E-state index contributed by atoms with van der Waals surface area (Å²) in [5.74, 6) is -4.99. The molecule has 0 radical (unpaired) electrons. The van der Waals surface area contributed by atoms with Crippen molar-refractivity contribution in [2.24, 2.45) is 5.92 Å². The van der Waals surface area contributed by atoms with E-state index in [1.54, 1.807) is 6.92 Å². The van der Waals surface area contributed by atoms with E-state index in [4.69, 9.17) is 0 Å². The first-order valence-corrected chi connectivity index (χ1v) is 8.65. The largest absolute Gasteiger partial charge is 0.483 e. The number of hydrogen-bond donors (Lipinski definition) is 1. The van der Waals surface area contributed by atoms with E-state index in [1.165, 1.54) is 12.1 Å². The molecule has 1 heterocycles. The smallest absolute Gasteiger partial charge is 0.422 e. The molecule has 0 aliphatic heterocycles. The monoisotopic (exact) mass is 418 g/mol. The second kappa shape index (κ2) is 7.92. The van der Waals surface area contributed by atoms with E-state index in [9.17, 15) is 31.1 Å². The van der Waals surface area contributed by atoms with Gasteiger partial charge in [0.2, 0.25) is 5.91 Å². The van der Waals surface area contributed by atoms with Crippen LogP contribution in [0, 0.1) is 23.4 Å². The molecule has 3 atom stereocenters. The first-order valence-electron chi connectivity index (χ1n) is 8.65. The number of benzene rings is 1. The normalized spacial score (nSPS) is 19.6. The number of aromatic nitrogens is 1. The minimum Gasteiger partial charge on any atom is -0.483 e. The highest BCUT2D eigenvalue weighted by Gasteiger charge is 2.47. The number of carbonyl (C=O) groups is 1. The number of alkyl halides is 3.